The van der Waals surface area contributed by atoms with E-state index in [9.17, 15) is 19.2 Å². The first-order valence-corrected chi connectivity index (χ1v) is 8.45. The SMILES string of the molecule is CC(=O)Nc1ccc2c(c1)N(Cc1cc(F)cc3c1OCOC3)C(=O)/C2=N\O. The van der Waals surface area contributed by atoms with Gasteiger partial charge in [-0.25, -0.2) is 4.39 Å². The molecular weight excluding hydrogens is 369 g/mol. The van der Waals surface area contributed by atoms with Gasteiger partial charge in [0, 0.05) is 29.3 Å². The molecule has 0 saturated heterocycles. The summed E-state index contributed by atoms with van der Waals surface area (Å²) in [5.74, 6) is -0.811. The van der Waals surface area contributed by atoms with E-state index < -0.39 is 11.7 Å². The molecule has 2 amide bonds. The van der Waals surface area contributed by atoms with Crippen molar-refractivity contribution in [1.29, 1.82) is 0 Å². The lowest BCUT2D eigenvalue weighted by atomic mass is 10.1. The predicted octanol–water partition coefficient (Wildman–Crippen LogP) is 2.38. The number of ether oxygens (including phenoxy) is 2. The first-order valence-electron chi connectivity index (χ1n) is 8.45. The monoisotopic (exact) mass is 385 g/mol. The molecule has 0 fully saturated rings. The highest BCUT2D eigenvalue weighted by Gasteiger charge is 2.36. The zero-order chi connectivity index (χ0) is 19.8. The predicted molar refractivity (Wildman–Crippen MR) is 96.9 cm³/mol. The molecule has 0 unspecified atom stereocenters. The van der Waals surface area contributed by atoms with Gasteiger partial charge in [0.15, 0.2) is 12.5 Å². The van der Waals surface area contributed by atoms with Crippen LogP contribution in [0, 0.1) is 5.82 Å². The maximum atomic E-state index is 14.0. The summed E-state index contributed by atoms with van der Waals surface area (Å²) in [6.07, 6.45) is 0. The van der Waals surface area contributed by atoms with Gasteiger partial charge in [0.25, 0.3) is 5.91 Å². The van der Waals surface area contributed by atoms with Crippen molar-refractivity contribution in [3.63, 3.8) is 0 Å². The van der Waals surface area contributed by atoms with Crippen LogP contribution in [-0.2, 0) is 27.5 Å². The number of amides is 2. The van der Waals surface area contributed by atoms with Gasteiger partial charge in [-0.15, -0.1) is 0 Å². The number of anilines is 2. The number of benzene rings is 2. The van der Waals surface area contributed by atoms with Crippen molar-refractivity contribution < 1.29 is 28.7 Å². The van der Waals surface area contributed by atoms with Gasteiger partial charge in [-0.1, -0.05) is 5.16 Å². The standard InChI is InChI=1S/C19H16FN3O5/c1-10(24)21-14-2-3-15-16(6-14)23(19(25)17(15)22-26)7-11-4-13(20)5-12-8-27-9-28-18(11)12/h2-6,26H,7-9H2,1H3,(H,21,24)/b22-17-. The van der Waals surface area contributed by atoms with Crippen molar-refractivity contribution in [2.75, 3.05) is 17.0 Å². The summed E-state index contributed by atoms with van der Waals surface area (Å²) < 4.78 is 24.7. The Bertz CT molecular complexity index is 1020. The number of carbonyl (C=O) groups is 2. The van der Waals surface area contributed by atoms with Crippen LogP contribution < -0.4 is 15.0 Å². The molecule has 2 heterocycles. The Balaban J connectivity index is 1.76. The first-order chi connectivity index (χ1) is 13.5. The molecular formula is C19H16FN3O5. The second-order valence-electron chi connectivity index (χ2n) is 6.42. The highest BCUT2D eigenvalue weighted by atomic mass is 19.1. The second kappa shape index (κ2) is 6.93. The third-order valence-corrected chi connectivity index (χ3v) is 4.49. The largest absolute Gasteiger partial charge is 0.467 e. The number of nitrogens with zero attached hydrogens (tertiary/aromatic N) is 2. The van der Waals surface area contributed by atoms with Gasteiger partial charge in [0.2, 0.25) is 5.91 Å². The van der Waals surface area contributed by atoms with E-state index in [-0.39, 0.29) is 31.6 Å². The molecule has 28 heavy (non-hydrogen) atoms. The van der Waals surface area contributed by atoms with Gasteiger partial charge in [0.05, 0.1) is 18.8 Å². The van der Waals surface area contributed by atoms with Crippen LogP contribution in [0.15, 0.2) is 35.5 Å². The molecule has 2 aromatic carbocycles. The van der Waals surface area contributed by atoms with Gasteiger partial charge in [-0.3, -0.25) is 9.59 Å². The summed E-state index contributed by atoms with van der Waals surface area (Å²) >= 11 is 0. The Hall–Kier alpha value is -3.46. The molecule has 0 aliphatic carbocycles. The minimum atomic E-state index is -0.539. The fourth-order valence-corrected chi connectivity index (χ4v) is 3.39. The van der Waals surface area contributed by atoms with Gasteiger partial charge in [0.1, 0.15) is 11.6 Å². The minimum Gasteiger partial charge on any atom is -0.467 e. The average molecular weight is 385 g/mol. The summed E-state index contributed by atoms with van der Waals surface area (Å²) in [5, 5.41) is 15.0. The summed E-state index contributed by atoms with van der Waals surface area (Å²) in [4.78, 5) is 25.5. The molecule has 8 nitrogen and oxygen atoms in total. The molecule has 144 valence electrons. The molecule has 0 aromatic heterocycles. The van der Waals surface area contributed by atoms with E-state index >= 15 is 0 Å². The molecule has 2 aliphatic heterocycles. The van der Waals surface area contributed by atoms with Crippen LogP contribution in [0.4, 0.5) is 15.8 Å². The summed E-state index contributed by atoms with van der Waals surface area (Å²) in [5.41, 5.74) is 2.22. The Morgan fingerprint density at radius 1 is 1.36 bits per heavy atom. The second-order valence-corrected chi connectivity index (χ2v) is 6.42. The molecule has 0 atom stereocenters. The fourth-order valence-electron chi connectivity index (χ4n) is 3.39. The minimum absolute atomic E-state index is 0.00548. The van der Waals surface area contributed by atoms with Crippen LogP contribution in [0.25, 0.3) is 0 Å². The van der Waals surface area contributed by atoms with Crippen LogP contribution in [0.1, 0.15) is 23.6 Å². The van der Waals surface area contributed by atoms with Crippen LogP contribution in [-0.4, -0.2) is 29.5 Å². The van der Waals surface area contributed by atoms with Crippen LogP contribution in [0.3, 0.4) is 0 Å². The molecule has 0 bridgehead atoms. The highest BCUT2D eigenvalue weighted by molar-refractivity contribution is 6.54. The van der Waals surface area contributed by atoms with Crippen LogP contribution in [0.2, 0.25) is 0 Å². The fraction of sp³-hybridized carbons (Fsp3) is 0.211. The van der Waals surface area contributed by atoms with E-state index in [2.05, 4.69) is 10.5 Å². The highest BCUT2D eigenvalue weighted by Crippen LogP contribution is 2.36. The normalized spacial score (nSPS) is 16.6. The Labute approximate surface area is 159 Å². The smallest absolute Gasteiger partial charge is 0.281 e. The molecule has 2 aliphatic rings. The summed E-state index contributed by atoms with van der Waals surface area (Å²) in [6, 6.07) is 7.41. The number of nitrogens with one attached hydrogen (secondary N) is 1. The number of halogens is 1. The third kappa shape index (κ3) is 3.05. The quantitative estimate of drug-likeness (QED) is 0.624. The van der Waals surface area contributed by atoms with E-state index in [4.69, 9.17) is 9.47 Å². The summed E-state index contributed by atoms with van der Waals surface area (Å²) in [6.45, 7) is 1.61. The number of fused-ring (bicyclic) bond motifs is 2. The zero-order valence-corrected chi connectivity index (χ0v) is 14.9. The van der Waals surface area contributed by atoms with E-state index in [0.717, 1.165) is 0 Å². The van der Waals surface area contributed by atoms with Crippen molar-refractivity contribution in [1.82, 2.24) is 0 Å². The lowest BCUT2D eigenvalue weighted by Crippen LogP contribution is -2.30. The van der Waals surface area contributed by atoms with E-state index in [1.807, 2.05) is 0 Å². The first kappa shape index (κ1) is 17.9. The molecule has 0 saturated carbocycles. The Morgan fingerprint density at radius 2 is 2.18 bits per heavy atom. The molecule has 2 aromatic rings. The van der Waals surface area contributed by atoms with Gasteiger partial charge < -0.3 is 24.9 Å². The molecule has 0 radical (unpaired) electrons. The molecule has 9 heteroatoms. The maximum absolute atomic E-state index is 14.0. The number of oxime groups is 1. The molecule has 4 rings (SSSR count). The van der Waals surface area contributed by atoms with Crippen molar-refractivity contribution in [2.45, 2.75) is 20.1 Å². The van der Waals surface area contributed by atoms with E-state index in [1.54, 1.807) is 18.2 Å². The lowest BCUT2D eigenvalue weighted by Gasteiger charge is -2.24. The van der Waals surface area contributed by atoms with Crippen molar-refractivity contribution in [2.24, 2.45) is 5.16 Å². The zero-order valence-electron chi connectivity index (χ0n) is 14.9. The van der Waals surface area contributed by atoms with Crippen LogP contribution in [0.5, 0.6) is 5.75 Å². The maximum Gasteiger partial charge on any atom is 0.281 e. The van der Waals surface area contributed by atoms with Gasteiger partial charge >= 0.3 is 0 Å². The van der Waals surface area contributed by atoms with Crippen molar-refractivity contribution in [3.8, 4) is 5.75 Å². The van der Waals surface area contributed by atoms with E-state index in [0.29, 0.717) is 33.8 Å². The third-order valence-electron chi connectivity index (χ3n) is 4.49. The van der Waals surface area contributed by atoms with Crippen LogP contribution >= 0.6 is 0 Å². The van der Waals surface area contributed by atoms with Crippen molar-refractivity contribution in [3.05, 3.63) is 52.8 Å². The lowest BCUT2D eigenvalue weighted by molar-refractivity contribution is -0.114. The number of carbonyl (C=O) groups excluding carboxylic acids is 2. The number of hydrogen-bond donors (Lipinski definition) is 2. The van der Waals surface area contributed by atoms with Gasteiger partial charge in [-0.2, -0.15) is 0 Å². The average Bonchev–Trinajstić information content (AvgIpc) is 2.92. The summed E-state index contributed by atoms with van der Waals surface area (Å²) in [7, 11) is 0. The topological polar surface area (TPSA) is 100 Å². The van der Waals surface area contributed by atoms with E-state index in [1.165, 1.54) is 24.0 Å². The Kier molecular flexibility index (Phi) is 4.44. The number of hydrogen-bond acceptors (Lipinski definition) is 6. The molecule has 2 N–H and O–H groups in total. The molecule has 0 spiro atoms. The Morgan fingerprint density at radius 3 is 2.93 bits per heavy atom. The van der Waals surface area contributed by atoms with Gasteiger partial charge in [-0.05, 0) is 30.3 Å². The number of rotatable bonds is 3. The van der Waals surface area contributed by atoms with Crippen molar-refractivity contribution >= 4 is 28.9 Å².